The lowest BCUT2D eigenvalue weighted by molar-refractivity contribution is 0.440. The number of aryl methyl sites for hydroxylation is 1. The van der Waals surface area contributed by atoms with Crippen LogP contribution >= 0.6 is 0 Å². The number of hydrogen-bond acceptors (Lipinski definition) is 2. The molecule has 2 aromatic rings. The van der Waals surface area contributed by atoms with Crippen LogP contribution in [0.2, 0.25) is 0 Å². The molecule has 1 aromatic carbocycles. The van der Waals surface area contributed by atoms with Crippen molar-refractivity contribution in [3.05, 3.63) is 53.4 Å². The number of nitrogens with zero attached hydrogens (tertiary/aromatic N) is 2. The van der Waals surface area contributed by atoms with Gasteiger partial charge in [-0.05, 0) is 24.7 Å². The fourth-order valence-corrected chi connectivity index (χ4v) is 1.94. The first kappa shape index (κ1) is 13.6. The van der Waals surface area contributed by atoms with Gasteiger partial charge < -0.3 is 9.88 Å². The van der Waals surface area contributed by atoms with Crippen LogP contribution in [0.5, 0.6) is 0 Å². The standard InChI is InChI=1S/C13H14F3N3/c1-17-11(7-12-18-3-4-19(12)2)8-5-9(14)13(16)10(15)6-8/h3-6,11,17H,7H2,1-2H3. The van der Waals surface area contributed by atoms with E-state index in [1.807, 2.05) is 11.6 Å². The van der Waals surface area contributed by atoms with Crippen LogP contribution < -0.4 is 5.32 Å². The SMILES string of the molecule is CNC(Cc1nccn1C)c1cc(F)c(F)c(F)c1. The highest BCUT2D eigenvalue weighted by molar-refractivity contribution is 5.23. The third-order valence-corrected chi connectivity index (χ3v) is 3.06. The van der Waals surface area contributed by atoms with Gasteiger partial charge in [0, 0.05) is 31.9 Å². The number of hydrogen-bond donors (Lipinski definition) is 1. The van der Waals surface area contributed by atoms with E-state index >= 15 is 0 Å². The molecule has 102 valence electrons. The summed E-state index contributed by atoms with van der Waals surface area (Å²) >= 11 is 0. The van der Waals surface area contributed by atoms with Crippen molar-refractivity contribution in [2.75, 3.05) is 7.05 Å². The number of rotatable bonds is 4. The molecule has 2 rings (SSSR count). The minimum absolute atomic E-state index is 0.342. The highest BCUT2D eigenvalue weighted by atomic mass is 19.2. The maximum Gasteiger partial charge on any atom is 0.194 e. The third-order valence-electron chi connectivity index (χ3n) is 3.06. The lowest BCUT2D eigenvalue weighted by Gasteiger charge is -2.17. The van der Waals surface area contributed by atoms with Crippen LogP contribution in [0.3, 0.4) is 0 Å². The van der Waals surface area contributed by atoms with E-state index in [1.165, 1.54) is 0 Å². The summed E-state index contributed by atoms with van der Waals surface area (Å²) in [4.78, 5) is 4.15. The van der Waals surface area contributed by atoms with E-state index in [0.29, 0.717) is 12.0 Å². The van der Waals surface area contributed by atoms with Crippen LogP contribution in [0.1, 0.15) is 17.4 Å². The number of benzene rings is 1. The van der Waals surface area contributed by atoms with E-state index in [-0.39, 0.29) is 6.04 Å². The van der Waals surface area contributed by atoms with Gasteiger partial charge in [0.25, 0.3) is 0 Å². The molecule has 19 heavy (non-hydrogen) atoms. The van der Waals surface area contributed by atoms with Crippen molar-refractivity contribution in [1.82, 2.24) is 14.9 Å². The van der Waals surface area contributed by atoms with Gasteiger partial charge in [0.2, 0.25) is 0 Å². The summed E-state index contributed by atoms with van der Waals surface area (Å²) in [5, 5.41) is 2.95. The van der Waals surface area contributed by atoms with E-state index in [2.05, 4.69) is 10.3 Å². The summed E-state index contributed by atoms with van der Waals surface area (Å²) in [6.45, 7) is 0. The van der Waals surface area contributed by atoms with Crippen molar-refractivity contribution in [2.45, 2.75) is 12.5 Å². The van der Waals surface area contributed by atoms with Gasteiger partial charge >= 0.3 is 0 Å². The van der Waals surface area contributed by atoms with Crippen molar-refractivity contribution < 1.29 is 13.2 Å². The molecule has 1 aromatic heterocycles. The van der Waals surface area contributed by atoms with E-state index in [0.717, 1.165) is 18.0 Å². The molecule has 0 saturated heterocycles. The fraction of sp³-hybridized carbons (Fsp3) is 0.308. The molecule has 0 aliphatic carbocycles. The minimum atomic E-state index is -1.45. The molecule has 1 unspecified atom stereocenters. The second-order valence-corrected chi connectivity index (χ2v) is 4.30. The Morgan fingerprint density at radius 2 is 1.89 bits per heavy atom. The number of imidazole rings is 1. The Morgan fingerprint density at radius 3 is 2.37 bits per heavy atom. The Kier molecular flexibility index (Phi) is 3.90. The van der Waals surface area contributed by atoms with Crippen LogP contribution in [0.15, 0.2) is 24.5 Å². The Balaban J connectivity index is 2.30. The zero-order chi connectivity index (χ0) is 14.0. The first-order valence-electron chi connectivity index (χ1n) is 5.80. The first-order valence-corrected chi connectivity index (χ1v) is 5.80. The molecule has 1 N–H and O–H groups in total. The normalized spacial score (nSPS) is 12.7. The van der Waals surface area contributed by atoms with Crippen LogP contribution in [0.4, 0.5) is 13.2 Å². The zero-order valence-electron chi connectivity index (χ0n) is 10.6. The van der Waals surface area contributed by atoms with Gasteiger partial charge in [0.1, 0.15) is 5.82 Å². The Morgan fingerprint density at radius 1 is 1.26 bits per heavy atom. The number of likely N-dealkylation sites (N-methyl/N-ethyl adjacent to an activating group) is 1. The van der Waals surface area contributed by atoms with Crippen LogP contribution in [0, 0.1) is 17.5 Å². The molecule has 1 atom stereocenters. The molecule has 0 amide bonds. The van der Waals surface area contributed by atoms with Crippen LogP contribution in [-0.2, 0) is 13.5 Å². The number of nitrogens with one attached hydrogen (secondary N) is 1. The zero-order valence-corrected chi connectivity index (χ0v) is 10.6. The molecule has 0 bridgehead atoms. The summed E-state index contributed by atoms with van der Waals surface area (Å²) in [7, 11) is 3.51. The predicted octanol–water partition coefficient (Wildman–Crippen LogP) is 2.34. The molecule has 3 nitrogen and oxygen atoms in total. The summed E-state index contributed by atoms with van der Waals surface area (Å²) in [6.07, 6.45) is 3.88. The van der Waals surface area contributed by atoms with Crippen molar-refractivity contribution in [1.29, 1.82) is 0 Å². The number of aromatic nitrogens is 2. The highest BCUT2D eigenvalue weighted by Crippen LogP contribution is 2.21. The predicted molar refractivity (Wildman–Crippen MR) is 65.0 cm³/mol. The maximum absolute atomic E-state index is 13.2. The summed E-state index contributed by atoms with van der Waals surface area (Å²) < 4.78 is 41.2. The quantitative estimate of drug-likeness (QED) is 0.863. The molecule has 0 aliphatic rings. The highest BCUT2D eigenvalue weighted by Gasteiger charge is 2.18. The van der Waals surface area contributed by atoms with E-state index in [4.69, 9.17) is 0 Å². The van der Waals surface area contributed by atoms with E-state index < -0.39 is 17.5 Å². The van der Waals surface area contributed by atoms with Crippen molar-refractivity contribution in [2.24, 2.45) is 7.05 Å². The molecule has 0 spiro atoms. The van der Waals surface area contributed by atoms with Gasteiger partial charge in [0.05, 0.1) is 0 Å². The average molecular weight is 269 g/mol. The third kappa shape index (κ3) is 2.78. The van der Waals surface area contributed by atoms with Gasteiger partial charge in [-0.15, -0.1) is 0 Å². The summed E-state index contributed by atoms with van der Waals surface area (Å²) in [6, 6.07) is 1.66. The van der Waals surface area contributed by atoms with Crippen LogP contribution in [-0.4, -0.2) is 16.6 Å². The van der Waals surface area contributed by atoms with Gasteiger partial charge in [-0.3, -0.25) is 0 Å². The first-order chi connectivity index (χ1) is 9.02. The van der Waals surface area contributed by atoms with Crippen molar-refractivity contribution >= 4 is 0 Å². The fourth-order valence-electron chi connectivity index (χ4n) is 1.94. The van der Waals surface area contributed by atoms with Gasteiger partial charge in [-0.1, -0.05) is 0 Å². The summed E-state index contributed by atoms with van der Waals surface area (Å²) in [5.41, 5.74) is 0.349. The maximum atomic E-state index is 13.2. The average Bonchev–Trinajstić information content (AvgIpc) is 2.78. The topological polar surface area (TPSA) is 29.9 Å². The molecule has 0 aliphatic heterocycles. The summed E-state index contributed by atoms with van der Waals surface area (Å²) in [5.74, 6) is -3.05. The molecular formula is C13H14F3N3. The molecule has 1 heterocycles. The van der Waals surface area contributed by atoms with Gasteiger partial charge in [-0.2, -0.15) is 0 Å². The van der Waals surface area contributed by atoms with E-state index in [9.17, 15) is 13.2 Å². The number of halogens is 3. The lowest BCUT2D eigenvalue weighted by atomic mass is 10.0. The Bertz CT molecular complexity index is 557. The van der Waals surface area contributed by atoms with Gasteiger partial charge in [-0.25, -0.2) is 18.2 Å². The monoisotopic (exact) mass is 269 g/mol. The Labute approximate surface area is 109 Å². The molecule has 6 heteroatoms. The molecular weight excluding hydrogens is 255 g/mol. The molecule has 0 saturated carbocycles. The van der Waals surface area contributed by atoms with Crippen molar-refractivity contribution in [3.8, 4) is 0 Å². The minimum Gasteiger partial charge on any atom is -0.338 e. The molecule has 0 radical (unpaired) electrons. The van der Waals surface area contributed by atoms with Gasteiger partial charge in [0.15, 0.2) is 17.5 Å². The largest absolute Gasteiger partial charge is 0.338 e. The Hall–Kier alpha value is -1.82. The second-order valence-electron chi connectivity index (χ2n) is 4.30. The molecule has 0 fully saturated rings. The second kappa shape index (κ2) is 5.44. The van der Waals surface area contributed by atoms with E-state index in [1.54, 1.807) is 19.4 Å². The smallest absolute Gasteiger partial charge is 0.194 e. The lowest BCUT2D eigenvalue weighted by Crippen LogP contribution is -2.21. The van der Waals surface area contributed by atoms with Crippen LogP contribution in [0.25, 0.3) is 0 Å². The van der Waals surface area contributed by atoms with Crippen molar-refractivity contribution in [3.63, 3.8) is 0 Å².